The summed E-state index contributed by atoms with van der Waals surface area (Å²) in [6.45, 7) is 6.23. The highest BCUT2D eigenvalue weighted by molar-refractivity contribution is 7.99. The van der Waals surface area contributed by atoms with Gasteiger partial charge in [0.1, 0.15) is 18.0 Å². The van der Waals surface area contributed by atoms with Gasteiger partial charge in [-0.2, -0.15) is 5.10 Å². The van der Waals surface area contributed by atoms with Crippen LogP contribution < -0.4 is 5.32 Å². The van der Waals surface area contributed by atoms with Gasteiger partial charge >= 0.3 is 0 Å². The highest BCUT2D eigenvalue weighted by Crippen LogP contribution is 2.19. The van der Waals surface area contributed by atoms with E-state index in [4.69, 9.17) is 0 Å². The molecule has 0 aliphatic carbocycles. The third kappa shape index (κ3) is 5.05. The van der Waals surface area contributed by atoms with Gasteiger partial charge in [0.25, 0.3) is 0 Å². The molecule has 0 fully saturated rings. The minimum absolute atomic E-state index is 0.0634. The van der Waals surface area contributed by atoms with Gasteiger partial charge in [-0.15, -0.1) is 5.10 Å². The maximum Gasteiger partial charge on any atom is 0.231 e. The van der Waals surface area contributed by atoms with Gasteiger partial charge in [0.2, 0.25) is 11.1 Å². The molecule has 1 atom stereocenters. The van der Waals surface area contributed by atoms with Crippen LogP contribution in [0.2, 0.25) is 0 Å². The Labute approximate surface area is 139 Å². The Morgan fingerprint density at radius 3 is 2.83 bits per heavy atom. The summed E-state index contributed by atoms with van der Waals surface area (Å²) in [6, 6.07) is -0.144. The number of carbonyl (C=O) groups excluding carboxylic acids is 1. The summed E-state index contributed by atoms with van der Waals surface area (Å²) in [5, 5.41) is 14.6. The van der Waals surface area contributed by atoms with Crippen LogP contribution in [0.25, 0.3) is 0 Å². The average molecular weight is 337 g/mol. The quantitative estimate of drug-likeness (QED) is 0.708. The van der Waals surface area contributed by atoms with E-state index in [9.17, 15) is 4.79 Å². The summed E-state index contributed by atoms with van der Waals surface area (Å²) in [6.07, 6.45) is 3.11. The van der Waals surface area contributed by atoms with Crippen molar-refractivity contribution in [2.24, 2.45) is 13.0 Å². The summed E-state index contributed by atoms with van der Waals surface area (Å²) in [7, 11) is 1.83. The van der Waals surface area contributed by atoms with Gasteiger partial charge in [-0.3, -0.25) is 14.6 Å². The normalized spacial score (nSPS) is 12.6. The van der Waals surface area contributed by atoms with E-state index in [0.717, 1.165) is 24.5 Å². The van der Waals surface area contributed by atoms with Crippen LogP contribution in [0.4, 0.5) is 0 Å². The van der Waals surface area contributed by atoms with Crippen molar-refractivity contribution in [2.75, 3.05) is 5.75 Å². The van der Waals surface area contributed by atoms with Gasteiger partial charge < -0.3 is 5.32 Å². The minimum Gasteiger partial charge on any atom is -0.345 e. The van der Waals surface area contributed by atoms with Crippen molar-refractivity contribution in [1.29, 1.82) is 0 Å². The number of hydrogen-bond donors (Lipinski definition) is 2. The van der Waals surface area contributed by atoms with E-state index < -0.39 is 0 Å². The Morgan fingerprint density at radius 1 is 1.48 bits per heavy atom. The molecule has 9 heteroatoms. The Kier molecular flexibility index (Phi) is 6.14. The number of nitrogens with one attached hydrogen (secondary N) is 2. The third-order valence-electron chi connectivity index (χ3n) is 3.28. The monoisotopic (exact) mass is 337 g/mol. The van der Waals surface area contributed by atoms with Crippen LogP contribution in [0.3, 0.4) is 0 Å². The fourth-order valence-electron chi connectivity index (χ4n) is 2.19. The van der Waals surface area contributed by atoms with E-state index in [1.807, 2.05) is 14.0 Å². The second kappa shape index (κ2) is 8.09. The first-order valence-corrected chi connectivity index (χ1v) is 8.65. The molecule has 2 aromatic heterocycles. The number of hydrogen-bond acceptors (Lipinski definition) is 6. The molecule has 0 saturated heterocycles. The fourth-order valence-corrected chi connectivity index (χ4v) is 2.82. The van der Waals surface area contributed by atoms with Gasteiger partial charge in [-0.1, -0.05) is 32.5 Å². The zero-order valence-electron chi connectivity index (χ0n) is 13.9. The minimum atomic E-state index is -0.144. The van der Waals surface area contributed by atoms with Gasteiger partial charge in [0, 0.05) is 13.5 Å². The molecule has 2 rings (SSSR count). The largest absolute Gasteiger partial charge is 0.345 e. The standard InChI is InChI=1S/C14H23N7OS/c1-5-11-18-14(20-19-11)23-7-12(22)17-10(6-9(2)3)13-15-8-16-21(13)4/h8-10H,5-7H2,1-4H3,(H,17,22)(H,18,19,20). The molecule has 1 unspecified atom stereocenters. The van der Waals surface area contributed by atoms with Crippen molar-refractivity contribution in [2.45, 2.75) is 44.8 Å². The Bertz CT molecular complexity index is 637. The van der Waals surface area contributed by atoms with Crippen LogP contribution in [-0.2, 0) is 18.3 Å². The molecule has 0 saturated carbocycles. The maximum absolute atomic E-state index is 12.2. The van der Waals surface area contributed by atoms with E-state index >= 15 is 0 Å². The Hall–Kier alpha value is -1.90. The fraction of sp³-hybridized carbons (Fsp3) is 0.643. The molecule has 0 spiro atoms. The van der Waals surface area contributed by atoms with E-state index in [1.165, 1.54) is 18.1 Å². The molecule has 1 amide bonds. The lowest BCUT2D eigenvalue weighted by molar-refractivity contribution is -0.119. The van der Waals surface area contributed by atoms with Crippen LogP contribution in [0.5, 0.6) is 0 Å². The molecule has 2 heterocycles. The molecule has 0 aromatic carbocycles. The number of carbonyl (C=O) groups is 1. The number of aromatic amines is 1. The molecule has 2 N–H and O–H groups in total. The van der Waals surface area contributed by atoms with Crippen molar-refractivity contribution in [3.05, 3.63) is 18.0 Å². The molecule has 0 radical (unpaired) electrons. The number of aromatic nitrogens is 6. The highest BCUT2D eigenvalue weighted by atomic mass is 32.2. The molecular weight excluding hydrogens is 314 g/mol. The Morgan fingerprint density at radius 2 is 2.26 bits per heavy atom. The van der Waals surface area contributed by atoms with Crippen molar-refractivity contribution < 1.29 is 4.79 Å². The molecule has 0 aliphatic rings. The van der Waals surface area contributed by atoms with Crippen molar-refractivity contribution in [1.82, 2.24) is 35.3 Å². The van der Waals surface area contributed by atoms with Crippen LogP contribution in [0.15, 0.2) is 11.5 Å². The second-order valence-corrected chi connectivity index (χ2v) is 6.64. The third-order valence-corrected chi connectivity index (χ3v) is 4.13. The summed E-state index contributed by atoms with van der Waals surface area (Å²) >= 11 is 1.32. The molecule has 0 aliphatic heterocycles. The van der Waals surface area contributed by atoms with E-state index in [0.29, 0.717) is 11.1 Å². The predicted molar refractivity (Wildman–Crippen MR) is 87.8 cm³/mol. The first-order chi connectivity index (χ1) is 11.0. The zero-order valence-corrected chi connectivity index (χ0v) is 14.7. The number of aryl methyl sites for hydroxylation is 2. The van der Waals surface area contributed by atoms with E-state index in [1.54, 1.807) is 4.68 Å². The lowest BCUT2D eigenvalue weighted by atomic mass is 10.0. The predicted octanol–water partition coefficient (Wildman–Crippen LogP) is 1.49. The van der Waals surface area contributed by atoms with E-state index in [-0.39, 0.29) is 17.7 Å². The molecule has 126 valence electrons. The van der Waals surface area contributed by atoms with Crippen molar-refractivity contribution in [3.8, 4) is 0 Å². The SMILES string of the molecule is CCc1nc(SCC(=O)NC(CC(C)C)c2ncnn2C)n[nH]1. The van der Waals surface area contributed by atoms with Gasteiger partial charge in [-0.25, -0.2) is 9.97 Å². The van der Waals surface area contributed by atoms with Crippen molar-refractivity contribution >= 4 is 17.7 Å². The summed E-state index contributed by atoms with van der Waals surface area (Å²) < 4.78 is 1.70. The highest BCUT2D eigenvalue weighted by Gasteiger charge is 2.20. The second-order valence-electron chi connectivity index (χ2n) is 5.70. The number of amides is 1. The van der Waals surface area contributed by atoms with Gasteiger partial charge in [-0.05, 0) is 12.3 Å². The van der Waals surface area contributed by atoms with Crippen LogP contribution in [0.1, 0.15) is 44.9 Å². The van der Waals surface area contributed by atoms with E-state index in [2.05, 4.69) is 44.4 Å². The first-order valence-electron chi connectivity index (χ1n) is 7.66. The smallest absolute Gasteiger partial charge is 0.231 e. The first kappa shape index (κ1) is 17.5. The van der Waals surface area contributed by atoms with Crippen molar-refractivity contribution in [3.63, 3.8) is 0 Å². The summed E-state index contributed by atoms with van der Waals surface area (Å²) in [4.78, 5) is 20.8. The van der Waals surface area contributed by atoms with Crippen LogP contribution >= 0.6 is 11.8 Å². The topological polar surface area (TPSA) is 101 Å². The van der Waals surface area contributed by atoms with Crippen LogP contribution in [-0.4, -0.2) is 41.6 Å². The maximum atomic E-state index is 12.2. The van der Waals surface area contributed by atoms with Gasteiger partial charge in [0.15, 0.2) is 0 Å². The number of thioether (sulfide) groups is 1. The summed E-state index contributed by atoms with van der Waals surface area (Å²) in [5.74, 6) is 2.23. The number of nitrogens with zero attached hydrogens (tertiary/aromatic N) is 5. The number of rotatable bonds is 8. The molecule has 2 aromatic rings. The summed E-state index contributed by atoms with van der Waals surface area (Å²) in [5.41, 5.74) is 0. The lowest BCUT2D eigenvalue weighted by Gasteiger charge is -2.19. The molecule has 23 heavy (non-hydrogen) atoms. The zero-order chi connectivity index (χ0) is 16.8. The van der Waals surface area contributed by atoms with Crippen LogP contribution in [0, 0.1) is 5.92 Å². The molecule has 8 nitrogen and oxygen atoms in total. The number of H-pyrrole nitrogens is 1. The van der Waals surface area contributed by atoms with Gasteiger partial charge in [0.05, 0.1) is 11.8 Å². The lowest BCUT2D eigenvalue weighted by Crippen LogP contribution is -2.32. The molecule has 0 bridgehead atoms. The average Bonchev–Trinajstić information content (AvgIpc) is 3.12. The Balaban J connectivity index is 1.93. The molecular formula is C14H23N7OS.